The molecule has 1 aromatic rings. The second-order valence-corrected chi connectivity index (χ2v) is 5.91. The molecule has 0 saturated carbocycles. The quantitative estimate of drug-likeness (QED) is 0.866. The van der Waals surface area contributed by atoms with E-state index in [1.165, 1.54) is 0 Å². The molecule has 2 amide bonds. The first-order valence-electron chi connectivity index (χ1n) is 7.54. The lowest BCUT2D eigenvalue weighted by Gasteiger charge is -2.28. The van der Waals surface area contributed by atoms with Gasteiger partial charge in [0, 0.05) is 22.8 Å². The first kappa shape index (κ1) is 15.2. The van der Waals surface area contributed by atoms with E-state index in [4.69, 9.17) is 0 Å². The molecular weight excluding hydrogens is 288 g/mol. The van der Waals surface area contributed by atoms with Crippen LogP contribution in [0.3, 0.4) is 0 Å². The number of rotatable bonds is 1. The molecule has 1 N–H and O–H groups in total. The molecule has 116 valence electrons. The molecule has 0 aromatic heterocycles. The van der Waals surface area contributed by atoms with E-state index in [1.54, 1.807) is 18.2 Å². The van der Waals surface area contributed by atoms with Crippen molar-refractivity contribution in [1.29, 1.82) is 0 Å². The van der Waals surface area contributed by atoms with E-state index in [2.05, 4.69) is 10.3 Å². The maximum atomic E-state index is 12.2. The van der Waals surface area contributed by atoms with Crippen LogP contribution in [0.25, 0.3) is 0 Å². The molecule has 1 unspecified atom stereocenters. The monoisotopic (exact) mass is 306 g/mol. The number of benzene rings is 1. The first-order chi connectivity index (χ1) is 11.0. The maximum absolute atomic E-state index is 12.2. The van der Waals surface area contributed by atoms with Gasteiger partial charge in [-0.3, -0.25) is 9.59 Å². The lowest BCUT2D eigenvalue weighted by Crippen LogP contribution is -2.35. The summed E-state index contributed by atoms with van der Waals surface area (Å²) in [5.74, 6) is -0.323. The zero-order chi connectivity index (χ0) is 16.6. The molecule has 0 bridgehead atoms. The molecule has 1 aliphatic carbocycles. The number of fused-ring (bicyclic) bond motifs is 1. The van der Waals surface area contributed by atoms with Gasteiger partial charge < -0.3 is 5.32 Å². The average Bonchev–Trinajstić information content (AvgIpc) is 2.53. The van der Waals surface area contributed by atoms with Crippen LogP contribution in [0.5, 0.6) is 0 Å². The Balaban J connectivity index is 1.88. The van der Waals surface area contributed by atoms with E-state index >= 15 is 0 Å². The van der Waals surface area contributed by atoms with Gasteiger partial charge in [-0.15, -0.1) is 0 Å². The van der Waals surface area contributed by atoms with Gasteiger partial charge in [-0.2, -0.15) is 0 Å². The van der Waals surface area contributed by atoms with Gasteiger partial charge in [-0.25, -0.2) is 4.99 Å². The first-order valence-corrected chi connectivity index (χ1v) is 7.54. The number of aryl methyl sites for hydroxylation is 1. The van der Waals surface area contributed by atoms with Crippen molar-refractivity contribution in [2.24, 2.45) is 10.9 Å². The summed E-state index contributed by atoms with van der Waals surface area (Å²) >= 11 is 0. The van der Waals surface area contributed by atoms with Crippen LogP contribution >= 0.6 is 0 Å². The number of hydrogen-bond donors (Lipinski definition) is 1. The van der Waals surface area contributed by atoms with Crippen molar-refractivity contribution in [3.05, 3.63) is 70.5 Å². The second kappa shape index (κ2) is 5.80. The summed E-state index contributed by atoms with van der Waals surface area (Å²) in [6.45, 7) is 5.74. The fraction of sp³-hybridized carbons (Fsp3) is 0.211. The topological polar surface area (TPSA) is 58.5 Å². The predicted molar refractivity (Wildman–Crippen MR) is 90.2 cm³/mol. The lowest BCUT2D eigenvalue weighted by atomic mass is 9.85. The SMILES string of the molecule is CC1=C(C)C2C=CC(=NC(=O)c3ccc(C)cc3)C=C2NC1=O. The zero-order valence-corrected chi connectivity index (χ0v) is 13.4. The van der Waals surface area contributed by atoms with Crippen LogP contribution in [-0.4, -0.2) is 17.5 Å². The Hall–Kier alpha value is -2.75. The Bertz CT molecular complexity index is 808. The number of carbonyl (C=O) groups excluding carboxylic acids is 2. The Morgan fingerprint density at radius 3 is 2.52 bits per heavy atom. The third-order valence-corrected chi connectivity index (χ3v) is 4.28. The standard InChI is InChI=1S/C19H18N2O2/c1-11-4-6-14(7-5-11)19(23)20-15-8-9-16-12(2)13(3)18(22)21-17(16)10-15/h4-10,16H,1-3H3,(H,21,22). The average molecular weight is 306 g/mol. The molecular formula is C19H18N2O2. The van der Waals surface area contributed by atoms with Gasteiger partial charge in [0.15, 0.2) is 0 Å². The molecule has 0 fully saturated rings. The molecule has 1 heterocycles. The summed E-state index contributed by atoms with van der Waals surface area (Å²) in [6, 6.07) is 7.31. The fourth-order valence-corrected chi connectivity index (χ4v) is 2.67. The second-order valence-electron chi connectivity index (χ2n) is 5.91. The Kier molecular flexibility index (Phi) is 3.82. The Morgan fingerprint density at radius 2 is 1.83 bits per heavy atom. The summed E-state index contributed by atoms with van der Waals surface area (Å²) in [5.41, 5.74) is 4.74. The van der Waals surface area contributed by atoms with Crippen molar-refractivity contribution in [3.8, 4) is 0 Å². The minimum absolute atomic E-state index is 0.0566. The maximum Gasteiger partial charge on any atom is 0.277 e. The number of aliphatic imine (C=N–C) groups is 1. The minimum Gasteiger partial charge on any atom is -0.325 e. The van der Waals surface area contributed by atoms with E-state index < -0.39 is 0 Å². The third-order valence-electron chi connectivity index (χ3n) is 4.28. The largest absolute Gasteiger partial charge is 0.325 e. The molecule has 1 aromatic carbocycles. The molecule has 23 heavy (non-hydrogen) atoms. The summed E-state index contributed by atoms with van der Waals surface area (Å²) in [7, 11) is 0. The summed E-state index contributed by atoms with van der Waals surface area (Å²) < 4.78 is 0. The van der Waals surface area contributed by atoms with E-state index in [1.807, 2.05) is 45.1 Å². The third kappa shape index (κ3) is 2.93. The minimum atomic E-state index is -0.287. The van der Waals surface area contributed by atoms with Crippen LogP contribution in [0.15, 0.2) is 64.3 Å². The normalized spacial score (nSPS) is 21.9. The van der Waals surface area contributed by atoms with Crippen LogP contribution < -0.4 is 5.32 Å². The number of nitrogens with zero attached hydrogens (tertiary/aromatic N) is 1. The van der Waals surface area contributed by atoms with Crippen molar-refractivity contribution in [3.63, 3.8) is 0 Å². The van der Waals surface area contributed by atoms with Gasteiger partial charge in [0.1, 0.15) is 0 Å². The molecule has 2 aliphatic rings. The van der Waals surface area contributed by atoms with Crippen LogP contribution in [0.1, 0.15) is 29.8 Å². The number of amides is 2. The van der Waals surface area contributed by atoms with Gasteiger partial charge in [0.25, 0.3) is 11.8 Å². The van der Waals surface area contributed by atoms with Crippen LogP contribution in [-0.2, 0) is 4.79 Å². The molecule has 1 aliphatic heterocycles. The van der Waals surface area contributed by atoms with Gasteiger partial charge in [-0.1, -0.05) is 29.3 Å². The van der Waals surface area contributed by atoms with E-state index in [9.17, 15) is 9.59 Å². The summed E-state index contributed by atoms with van der Waals surface area (Å²) in [4.78, 5) is 28.3. The smallest absolute Gasteiger partial charge is 0.277 e. The molecule has 1 atom stereocenters. The van der Waals surface area contributed by atoms with Crippen molar-refractivity contribution < 1.29 is 9.59 Å². The van der Waals surface area contributed by atoms with Gasteiger partial charge >= 0.3 is 0 Å². The van der Waals surface area contributed by atoms with E-state index in [0.717, 1.165) is 22.4 Å². The molecule has 0 saturated heterocycles. The highest BCUT2D eigenvalue weighted by Crippen LogP contribution is 2.29. The van der Waals surface area contributed by atoms with Gasteiger partial charge in [0.05, 0.1) is 5.71 Å². The van der Waals surface area contributed by atoms with Crippen LogP contribution in [0.4, 0.5) is 0 Å². The summed E-state index contributed by atoms with van der Waals surface area (Å²) in [5, 5.41) is 2.87. The van der Waals surface area contributed by atoms with Crippen LogP contribution in [0.2, 0.25) is 0 Å². The number of nitrogens with one attached hydrogen (secondary N) is 1. The highest BCUT2D eigenvalue weighted by molar-refractivity contribution is 6.14. The van der Waals surface area contributed by atoms with E-state index in [0.29, 0.717) is 11.3 Å². The van der Waals surface area contributed by atoms with Crippen molar-refractivity contribution >= 4 is 17.5 Å². The summed E-state index contributed by atoms with van der Waals surface area (Å²) in [6.07, 6.45) is 5.56. The Labute approximate surface area is 135 Å². The predicted octanol–water partition coefficient (Wildman–Crippen LogP) is 3.11. The highest BCUT2D eigenvalue weighted by Gasteiger charge is 2.27. The number of allylic oxidation sites excluding steroid dienone is 3. The number of carbonyl (C=O) groups is 2. The molecule has 4 nitrogen and oxygen atoms in total. The van der Waals surface area contributed by atoms with Crippen molar-refractivity contribution in [2.45, 2.75) is 20.8 Å². The Morgan fingerprint density at radius 1 is 1.13 bits per heavy atom. The highest BCUT2D eigenvalue weighted by atomic mass is 16.2. The zero-order valence-electron chi connectivity index (χ0n) is 13.4. The van der Waals surface area contributed by atoms with Crippen LogP contribution in [0, 0.1) is 12.8 Å². The lowest BCUT2D eigenvalue weighted by molar-refractivity contribution is -0.117. The fourth-order valence-electron chi connectivity index (χ4n) is 2.67. The van der Waals surface area contributed by atoms with Gasteiger partial charge in [-0.05, 0) is 45.1 Å². The molecule has 0 radical (unpaired) electrons. The van der Waals surface area contributed by atoms with E-state index in [-0.39, 0.29) is 17.7 Å². The molecule has 0 spiro atoms. The van der Waals surface area contributed by atoms with Crippen molar-refractivity contribution in [2.75, 3.05) is 0 Å². The van der Waals surface area contributed by atoms with Crippen molar-refractivity contribution in [1.82, 2.24) is 5.32 Å². The molecule has 4 heteroatoms. The number of hydrogen-bond acceptors (Lipinski definition) is 2. The molecule has 3 rings (SSSR count). The van der Waals surface area contributed by atoms with Gasteiger partial charge in [0.2, 0.25) is 0 Å².